The number of likely N-dealkylation sites (N-methyl/N-ethyl adjacent to an activating group) is 1. The summed E-state index contributed by atoms with van der Waals surface area (Å²) in [4.78, 5) is 52.3. The van der Waals surface area contributed by atoms with Gasteiger partial charge in [0.1, 0.15) is 17.7 Å². The molecule has 0 aromatic heterocycles. The number of nitrogens with zero attached hydrogens (tertiary/aromatic N) is 1. The van der Waals surface area contributed by atoms with E-state index in [-0.39, 0.29) is 25.5 Å². The molecule has 0 spiro atoms. The molecule has 0 bridgehead atoms. The van der Waals surface area contributed by atoms with Crippen LogP contribution in [0.5, 0.6) is 0 Å². The molecule has 9 heteroatoms. The van der Waals surface area contributed by atoms with Gasteiger partial charge in [-0.3, -0.25) is 14.4 Å². The van der Waals surface area contributed by atoms with Crippen LogP contribution in [0.3, 0.4) is 0 Å². The zero-order valence-corrected chi connectivity index (χ0v) is 22.3. The van der Waals surface area contributed by atoms with Crippen LogP contribution < -0.4 is 10.6 Å². The van der Waals surface area contributed by atoms with Gasteiger partial charge >= 0.3 is 12.1 Å². The van der Waals surface area contributed by atoms with Gasteiger partial charge in [-0.1, -0.05) is 38.0 Å². The Morgan fingerprint density at radius 2 is 1.78 bits per heavy atom. The maximum atomic E-state index is 13.6. The first-order chi connectivity index (χ1) is 16.8. The minimum absolute atomic E-state index is 0.0169. The summed E-state index contributed by atoms with van der Waals surface area (Å²) in [6.07, 6.45) is 5.25. The predicted molar refractivity (Wildman–Crippen MR) is 137 cm³/mol. The standard InChI is InChI=1S/C27H39N3O6/c1-9-19-13-11-12-14-20(19)23(24(32)28-16-15-22(31)35-10-2)30(8)25(33)21(17-18(3)4)29-26(34)36-27(5,6)7/h1,11-14,18,21,23H,10,15-17H2,2-8H3,(H,28,32)(H,29,34). The third-order valence-corrected chi connectivity index (χ3v) is 5.02. The van der Waals surface area contributed by atoms with E-state index >= 15 is 0 Å². The molecule has 0 aliphatic heterocycles. The van der Waals surface area contributed by atoms with Gasteiger partial charge < -0.3 is 25.0 Å². The number of benzene rings is 1. The first-order valence-corrected chi connectivity index (χ1v) is 12.1. The Morgan fingerprint density at radius 1 is 1.14 bits per heavy atom. The molecule has 1 rings (SSSR count). The molecule has 0 fully saturated rings. The topological polar surface area (TPSA) is 114 Å². The third kappa shape index (κ3) is 9.98. The molecule has 0 radical (unpaired) electrons. The molecule has 2 unspecified atom stereocenters. The maximum absolute atomic E-state index is 13.6. The number of esters is 1. The lowest BCUT2D eigenvalue weighted by Crippen LogP contribution is -2.52. The zero-order valence-electron chi connectivity index (χ0n) is 22.3. The van der Waals surface area contributed by atoms with Gasteiger partial charge in [0.2, 0.25) is 11.8 Å². The van der Waals surface area contributed by atoms with Crippen molar-refractivity contribution < 1.29 is 28.7 Å². The van der Waals surface area contributed by atoms with Crippen molar-refractivity contribution >= 4 is 23.9 Å². The Balaban J connectivity index is 3.26. The smallest absolute Gasteiger partial charge is 0.408 e. The van der Waals surface area contributed by atoms with Crippen molar-refractivity contribution in [2.45, 2.75) is 72.1 Å². The van der Waals surface area contributed by atoms with E-state index in [2.05, 4.69) is 16.6 Å². The Labute approximate surface area is 214 Å². The molecule has 0 saturated heterocycles. The summed E-state index contributed by atoms with van der Waals surface area (Å²) < 4.78 is 10.2. The molecule has 9 nitrogen and oxygen atoms in total. The molecule has 0 aliphatic carbocycles. The van der Waals surface area contributed by atoms with Crippen LogP contribution in [-0.2, 0) is 23.9 Å². The normalized spacial score (nSPS) is 12.6. The molecule has 2 atom stereocenters. The number of ether oxygens (including phenoxy) is 2. The number of hydrogen-bond acceptors (Lipinski definition) is 6. The monoisotopic (exact) mass is 501 g/mol. The molecular formula is C27H39N3O6. The fraction of sp³-hybridized carbons (Fsp3) is 0.556. The van der Waals surface area contributed by atoms with E-state index in [0.29, 0.717) is 17.5 Å². The van der Waals surface area contributed by atoms with Crippen molar-refractivity contribution in [2.24, 2.45) is 5.92 Å². The summed E-state index contributed by atoms with van der Waals surface area (Å²) in [5.74, 6) is 1.18. The lowest BCUT2D eigenvalue weighted by Gasteiger charge is -2.32. The minimum Gasteiger partial charge on any atom is -0.466 e. The number of amides is 3. The maximum Gasteiger partial charge on any atom is 0.408 e. The molecular weight excluding hydrogens is 462 g/mol. The summed E-state index contributed by atoms with van der Waals surface area (Å²) in [6.45, 7) is 11.0. The molecule has 0 saturated carbocycles. The average Bonchev–Trinajstić information content (AvgIpc) is 2.77. The van der Waals surface area contributed by atoms with E-state index in [9.17, 15) is 19.2 Å². The SMILES string of the molecule is C#Cc1ccccc1C(C(=O)NCCC(=O)OCC)N(C)C(=O)C(CC(C)C)NC(=O)OC(C)(C)C. The summed E-state index contributed by atoms with van der Waals surface area (Å²) in [5.41, 5.74) is 0.155. The first-order valence-electron chi connectivity index (χ1n) is 12.1. The molecule has 0 heterocycles. The van der Waals surface area contributed by atoms with Gasteiger partial charge in [-0.2, -0.15) is 0 Å². The molecule has 0 aliphatic rings. The van der Waals surface area contributed by atoms with Crippen LogP contribution in [-0.4, -0.2) is 60.6 Å². The summed E-state index contributed by atoms with van der Waals surface area (Å²) in [6, 6.07) is 4.78. The number of rotatable bonds is 11. The highest BCUT2D eigenvalue weighted by Gasteiger charge is 2.35. The van der Waals surface area contributed by atoms with Crippen molar-refractivity contribution in [1.29, 1.82) is 0 Å². The van der Waals surface area contributed by atoms with Gasteiger partial charge in [0.25, 0.3) is 0 Å². The van der Waals surface area contributed by atoms with Crippen molar-refractivity contribution in [3.8, 4) is 12.3 Å². The minimum atomic E-state index is -1.10. The fourth-order valence-corrected chi connectivity index (χ4v) is 3.53. The van der Waals surface area contributed by atoms with Crippen molar-refractivity contribution in [3.63, 3.8) is 0 Å². The summed E-state index contributed by atoms with van der Waals surface area (Å²) in [7, 11) is 1.48. The summed E-state index contributed by atoms with van der Waals surface area (Å²) in [5, 5.41) is 5.34. The van der Waals surface area contributed by atoms with Crippen molar-refractivity contribution in [3.05, 3.63) is 35.4 Å². The largest absolute Gasteiger partial charge is 0.466 e. The fourth-order valence-electron chi connectivity index (χ4n) is 3.53. The van der Waals surface area contributed by atoms with Gasteiger partial charge in [-0.15, -0.1) is 6.42 Å². The van der Waals surface area contributed by atoms with Gasteiger partial charge in [-0.25, -0.2) is 4.79 Å². The van der Waals surface area contributed by atoms with Gasteiger partial charge in [0, 0.05) is 19.2 Å². The number of carbonyl (C=O) groups is 4. The number of nitrogens with one attached hydrogen (secondary N) is 2. The lowest BCUT2D eigenvalue weighted by molar-refractivity contribution is -0.143. The molecule has 1 aromatic rings. The second-order valence-corrected chi connectivity index (χ2v) is 9.76. The molecule has 3 amide bonds. The lowest BCUT2D eigenvalue weighted by atomic mass is 9.96. The molecule has 36 heavy (non-hydrogen) atoms. The average molecular weight is 502 g/mol. The predicted octanol–water partition coefficient (Wildman–Crippen LogP) is 3.18. The molecule has 198 valence electrons. The number of alkyl carbamates (subject to hydrolysis) is 1. The van der Waals surface area contributed by atoms with Crippen LogP contribution in [0.15, 0.2) is 24.3 Å². The van der Waals surface area contributed by atoms with Crippen LogP contribution in [0.25, 0.3) is 0 Å². The van der Waals surface area contributed by atoms with E-state index in [1.165, 1.54) is 11.9 Å². The van der Waals surface area contributed by atoms with Gasteiger partial charge in [0.05, 0.1) is 13.0 Å². The Hall–Kier alpha value is -3.54. The zero-order chi connectivity index (χ0) is 27.5. The van der Waals surface area contributed by atoms with Crippen LogP contribution in [0.1, 0.15) is 71.6 Å². The van der Waals surface area contributed by atoms with Crippen LogP contribution in [0.4, 0.5) is 4.79 Å². The van der Waals surface area contributed by atoms with Gasteiger partial charge in [0.15, 0.2) is 0 Å². The second kappa shape index (κ2) is 14.1. The van der Waals surface area contributed by atoms with Crippen LogP contribution in [0, 0.1) is 18.3 Å². The highest BCUT2D eigenvalue weighted by Crippen LogP contribution is 2.25. The van der Waals surface area contributed by atoms with E-state index < -0.39 is 41.6 Å². The second-order valence-electron chi connectivity index (χ2n) is 9.76. The van der Waals surface area contributed by atoms with E-state index in [4.69, 9.17) is 15.9 Å². The quantitative estimate of drug-likeness (QED) is 0.356. The van der Waals surface area contributed by atoms with Crippen molar-refractivity contribution in [1.82, 2.24) is 15.5 Å². The van der Waals surface area contributed by atoms with Crippen molar-refractivity contribution in [2.75, 3.05) is 20.2 Å². The Kier molecular flexibility index (Phi) is 12.0. The third-order valence-electron chi connectivity index (χ3n) is 5.02. The summed E-state index contributed by atoms with van der Waals surface area (Å²) >= 11 is 0. The first kappa shape index (κ1) is 30.5. The number of hydrogen-bond donors (Lipinski definition) is 2. The van der Waals surface area contributed by atoms with E-state index in [1.54, 1.807) is 52.0 Å². The van der Waals surface area contributed by atoms with Crippen LogP contribution >= 0.6 is 0 Å². The highest BCUT2D eigenvalue weighted by atomic mass is 16.6. The number of carbonyl (C=O) groups excluding carboxylic acids is 4. The van der Waals surface area contributed by atoms with Gasteiger partial charge in [-0.05, 0) is 51.7 Å². The highest BCUT2D eigenvalue weighted by molar-refractivity contribution is 5.92. The molecule has 2 N–H and O–H groups in total. The van der Waals surface area contributed by atoms with E-state index in [0.717, 1.165) is 0 Å². The van der Waals surface area contributed by atoms with E-state index in [1.807, 2.05) is 13.8 Å². The molecule has 1 aromatic carbocycles. The Morgan fingerprint density at radius 3 is 2.33 bits per heavy atom. The van der Waals surface area contributed by atoms with Crippen LogP contribution in [0.2, 0.25) is 0 Å². The number of terminal acetylenes is 1. The Bertz CT molecular complexity index is 961.